The number of halogens is 1. The van der Waals surface area contributed by atoms with Crippen LogP contribution in [0.25, 0.3) is 11.6 Å². The van der Waals surface area contributed by atoms with Crippen LogP contribution in [0.3, 0.4) is 0 Å². The minimum atomic E-state index is -0.0661. The van der Waals surface area contributed by atoms with Crippen molar-refractivity contribution in [1.82, 2.24) is 0 Å². The van der Waals surface area contributed by atoms with Crippen LogP contribution in [0, 0.1) is 11.3 Å². The fraction of sp³-hybridized carbons (Fsp3) is 0.0476. The predicted molar refractivity (Wildman–Crippen MR) is 108 cm³/mol. The summed E-state index contributed by atoms with van der Waals surface area (Å²) < 4.78 is 6.06. The Labute approximate surface area is 164 Å². The number of carbonyl (C=O) groups excluding carboxylic acids is 1. The van der Waals surface area contributed by atoms with Gasteiger partial charge in [0.2, 0.25) is 5.78 Å². The van der Waals surface area contributed by atoms with Crippen LogP contribution in [-0.4, -0.2) is 12.9 Å². The predicted octanol–water partition coefficient (Wildman–Crippen LogP) is 5.81. The highest BCUT2D eigenvalue weighted by atomic mass is 79.9. The largest absolute Gasteiger partial charge is 0.497 e. The third-order valence-electron chi connectivity index (χ3n) is 3.73. The summed E-state index contributed by atoms with van der Waals surface area (Å²) in [4.78, 5) is 14.0. The first-order chi connectivity index (χ1) is 12.6. The number of benzene rings is 2. The number of ketones is 1. The summed E-state index contributed by atoms with van der Waals surface area (Å²) in [6, 6.07) is 20.5. The Hall–Kier alpha value is -2.68. The van der Waals surface area contributed by atoms with Crippen molar-refractivity contribution in [3.8, 4) is 11.8 Å². The standard InChI is InChI=1S/C21H14BrNO2S/c1-25-18-7-5-15(6-8-18)21(24)20-10-9-19(26-20)16(13-23)11-14-3-2-4-17(22)12-14/h2-12H,1H3. The SMILES string of the molecule is COc1ccc(C(=O)c2ccc(C(C#N)=Cc3cccc(Br)c3)s2)cc1. The van der Waals surface area contributed by atoms with Crippen molar-refractivity contribution in [3.63, 3.8) is 0 Å². The zero-order valence-corrected chi connectivity index (χ0v) is 16.3. The molecule has 26 heavy (non-hydrogen) atoms. The van der Waals surface area contributed by atoms with E-state index in [9.17, 15) is 10.1 Å². The molecule has 0 atom stereocenters. The fourth-order valence-corrected chi connectivity index (χ4v) is 3.76. The molecule has 1 aromatic heterocycles. The molecule has 0 aliphatic rings. The number of ether oxygens (including phenoxy) is 1. The molecule has 0 aliphatic heterocycles. The van der Waals surface area contributed by atoms with Crippen molar-refractivity contribution < 1.29 is 9.53 Å². The minimum Gasteiger partial charge on any atom is -0.497 e. The number of hydrogen-bond acceptors (Lipinski definition) is 4. The monoisotopic (exact) mass is 423 g/mol. The summed E-state index contributed by atoms with van der Waals surface area (Å²) in [5.74, 6) is 0.640. The Morgan fingerprint density at radius 2 is 1.85 bits per heavy atom. The number of carbonyl (C=O) groups is 1. The maximum atomic E-state index is 12.6. The minimum absolute atomic E-state index is 0.0661. The summed E-state index contributed by atoms with van der Waals surface area (Å²) in [7, 11) is 1.59. The fourth-order valence-electron chi connectivity index (χ4n) is 2.41. The number of nitriles is 1. The van der Waals surface area contributed by atoms with Crippen LogP contribution in [0.15, 0.2) is 65.1 Å². The van der Waals surface area contributed by atoms with Crippen LogP contribution < -0.4 is 4.74 Å². The number of nitrogens with zero attached hydrogens (tertiary/aromatic N) is 1. The number of thiophene rings is 1. The molecule has 3 aromatic rings. The lowest BCUT2D eigenvalue weighted by atomic mass is 10.1. The summed E-state index contributed by atoms with van der Waals surface area (Å²) in [5, 5.41) is 9.51. The molecule has 0 radical (unpaired) electrons. The van der Waals surface area contributed by atoms with Gasteiger partial charge in [-0.15, -0.1) is 11.3 Å². The van der Waals surface area contributed by atoms with Gasteiger partial charge in [-0.2, -0.15) is 5.26 Å². The first-order valence-electron chi connectivity index (χ1n) is 7.77. The van der Waals surface area contributed by atoms with Crippen LogP contribution in [0.5, 0.6) is 5.75 Å². The molecule has 0 saturated heterocycles. The molecule has 0 N–H and O–H groups in total. The van der Waals surface area contributed by atoms with Gasteiger partial charge in [-0.05, 0) is 60.2 Å². The van der Waals surface area contributed by atoms with Crippen molar-refractivity contribution in [3.05, 3.63) is 86.0 Å². The normalized spacial score (nSPS) is 11.0. The third kappa shape index (κ3) is 4.10. The second-order valence-electron chi connectivity index (χ2n) is 5.45. The molecule has 0 spiro atoms. The van der Waals surface area contributed by atoms with E-state index >= 15 is 0 Å². The molecule has 2 aromatic carbocycles. The molecule has 0 aliphatic carbocycles. The van der Waals surface area contributed by atoms with Crippen LogP contribution in [0.2, 0.25) is 0 Å². The van der Waals surface area contributed by atoms with Crippen LogP contribution in [0.1, 0.15) is 25.7 Å². The number of methoxy groups -OCH3 is 1. The van der Waals surface area contributed by atoms with Gasteiger partial charge in [0.25, 0.3) is 0 Å². The van der Waals surface area contributed by atoms with E-state index in [-0.39, 0.29) is 5.78 Å². The van der Waals surface area contributed by atoms with E-state index in [0.717, 1.165) is 14.9 Å². The molecule has 3 rings (SSSR count). The Morgan fingerprint density at radius 1 is 1.12 bits per heavy atom. The van der Waals surface area contributed by atoms with Crippen molar-refractivity contribution in [2.45, 2.75) is 0 Å². The summed E-state index contributed by atoms with van der Waals surface area (Å²) >= 11 is 4.74. The maximum absolute atomic E-state index is 12.6. The van der Waals surface area contributed by atoms with Gasteiger partial charge in [0, 0.05) is 14.9 Å². The molecule has 0 fully saturated rings. The van der Waals surface area contributed by atoms with Gasteiger partial charge in [0.05, 0.1) is 17.6 Å². The quantitative estimate of drug-likeness (QED) is 0.383. The Kier molecular flexibility index (Phi) is 5.67. The van der Waals surface area contributed by atoms with Gasteiger partial charge in [-0.3, -0.25) is 4.79 Å². The molecule has 0 bridgehead atoms. The van der Waals surface area contributed by atoms with E-state index in [1.807, 2.05) is 36.4 Å². The Bertz CT molecular complexity index is 1010. The van der Waals surface area contributed by atoms with E-state index in [1.165, 1.54) is 11.3 Å². The van der Waals surface area contributed by atoms with Crippen LogP contribution in [0.4, 0.5) is 0 Å². The molecule has 128 valence electrons. The average Bonchev–Trinajstić information content (AvgIpc) is 3.15. The van der Waals surface area contributed by atoms with Crippen molar-refractivity contribution in [2.75, 3.05) is 7.11 Å². The second-order valence-corrected chi connectivity index (χ2v) is 7.45. The first kappa shape index (κ1) is 18.1. The van der Waals surface area contributed by atoms with Gasteiger partial charge in [0.1, 0.15) is 11.8 Å². The molecular weight excluding hydrogens is 410 g/mol. The molecular formula is C21H14BrNO2S. The van der Waals surface area contributed by atoms with Crippen molar-refractivity contribution in [2.24, 2.45) is 0 Å². The van der Waals surface area contributed by atoms with Gasteiger partial charge in [-0.25, -0.2) is 0 Å². The maximum Gasteiger partial charge on any atom is 0.202 e. The zero-order chi connectivity index (χ0) is 18.5. The Morgan fingerprint density at radius 3 is 2.50 bits per heavy atom. The van der Waals surface area contributed by atoms with Crippen LogP contribution >= 0.6 is 27.3 Å². The smallest absolute Gasteiger partial charge is 0.202 e. The topological polar surface area (TPSA) is 50.1 Å². The molecule has 0 unspecified atom stereocenters. The molecule has 3 nitrogen and oxygen atoms in total. The van der Waals surface area contributed by atoms with Crippen molar-refractivity contribution >= 4 is 44.7 Å². The third-order valence-corrected chi connectivity index (χ3v) is 5.34. The lowest BCUT2D eigenvalue weighted by Crippen LogP contribution is -1.98. The highest BCUT2D eigenvalue weighted by molar-refractivity contribution is 9.10. The van der Waals surface area contributed by atoms with E-state index < -0.39 is 0 Å². The summed E-state index contributed by atoms with van der Waals surface area (Å²) in [5.41, 5.74) is 2.04. The lowest BCUT2D eigenvalue weighted by molar-refractivity contribution is 0.104. The molecule has 0 saturated carbocycles. The van der Waals surface area contributed by atoms with Gasteiger partial charge >= 0.3 is 0 Å². The lowest BCUT2D eigenvalue weighted by Gasteiger charge is -2.01. The van der Waals surface area contributed by atoms with Gasteiger partial charge in [-0.1, -0.05) is 28.1 Å². The van der Waals surface area contributed by atoms with E-state index in [4.69, 9.17) is 4.74 Å². The summed E-state index contributed by atoms with van der Waals surface area (Å²) in [6.45, 7) is 0. The highest BCUT2D eigenvalue weighted by Gasteiger charge is 2.14. The second kappa shape index (κ2) is 8.13. The first-order valence-corrected chi connectivity index (χ1v) is 9.38. The molecule has 1 heterocycles. The molecule has 5 heteroatoms. The van der Waals surface area contributed by atoms with E-state index in [1.54, 1.807) is 37.4 Å². The summed E-state index contributed by atoms with van der Waals surface area (Å²) in [6.07, 6.45) is 1.82. The van der Waals surface area contributed by atoms with Gasteiger partial charge in [0.15, 0.2) is 0 Å². The van der Waals surface area contributed by atoms with Crippen molar-refractivity contribution in [1.29, 1.82) is 5.26 Å². The number of allylic oxidation sites excluding steroid dienone is 1. The highest BCUT2D eigenvalue weighted by Crippen LogP contribution is 2.28. The number of rotatable bonds is 5. The zero-order valence-electron chi connectivity index (χ0n) is 13.9. The molecule has 0 amide bonds. The average molecular weight is 424 g/mol. The van der Waals surface area contributed by atoms with Gasteiger partial charge < -0.3 is 4.74 Å². The van der Waals surface area contributed by atoms with E-state index in [0.29, 0.717) is 21.8 Å². The number of hydrogen-bond donors (Lipinski definition) is 0. The Balaban J connectivity index is 1.88. The van der Waals surface area contributed by atoms with E-state index in [2.05, 4.69) is 22.0 Å². The van der Waals surface area contributed by atoms with Crippen LogP contribution in [-0.2, 0) is 0 Å².